The Morgan fingerprint density at radius 2 is 1.23 bits per heavy atom. The number of pyridine rings is 3. The van der Waals surface area contributed by atoms with Gasteiger partial charge in [0.25, 0.3) is 0 Å². The average molecular weight is 391 g/mol. The number of esters is 1. The number of methoxy groups -OCH3 is 1. The van der Waals surface area contributed by atoms with Crippen molar-refractivity contribution in [1.29, 1.82) is 0 Å². The molecule has 0 aliphatic rings. The van der Waals surface area contributed by atoms with Gasteiger partial charge in [-0.05, 0) is 24.3 Å². The molecule has 0 saturated heterocycles. The van der Waals surface area contributed by atoms with Gasteiger partial charge in [-0.25, -0.2) is 9.78 Å². The summed E-state index contributed by atoms with van der Waals surface area (Å²) in [4.78, 5) is 26.4. The number of fused-ring (bicyclic) bond motifs is 2. The molecule has 5 aromatic rings. The Bertz CT molecular complexity index is 1300. The van der Waals surface area contributed by atoms with Gasteiger partial charge < -0.3 is 4.74 Å². The Morgan fingerprint density at radius 3 is 1.73 bits per heavy atom. The smallest absolute Gasteiger partial charge is 0.338 e. The molecule has 30 heavy (non-hydrogen) atoms. The number of benzene rings is 2. The molecule has 5 nitrogen and oxygen atoms in total. The van der Waals surface area contributed by atoms with E-state index in [4.69, 9.17) is 9.72 Å². The highest BCUT2D eigenvalue weighted by Crippen LogP contribution is 2.31. The number of aromatic nitrogens is 3. The van der Waals surface area contributed by atoms with E-state index < -0.39 is 5.97 Å². The quantitative estimate of drug-likeness (QED) is 0.391. The first kappa shape index (κ1) is 17.9. The van der Waals surface area contributed by atoms with Crippen molar-refractivity contribution in [2.24, 2.45) is 0 Å². The van der Waals surface area contributed by atoms with E-state index in [0.29, 0.717) is 17.0 Å². The van der Waals surface area contributed by atoms with Crippen molar-refractivity contribution in [1.82, 2.24) is 15.0 Å². The fourth-order valence-electron chi connectivity index (χ4n) is 3.66. The van der Waals surface area contributed by atoms with E-state index in [2.05, 4.69) is 9.97 Å². The molecule has 2 aromatic carbocycles. The maximum absolute atomic E-state index is 12.4. The maximum Gasteiger partial charge on any atom is 0.338 e. The van der Waals surface area contributed by atoms with Crippen LogP contribution in [-0.4, -0.2) is 28.0 Å². The van der Waals surface area contributed by atoms with Crippen molar-refractivity contribution in [3.8, 4) is 22.5 Å². The first-order valence-electron chi connectivity index (χ1n) is 9.53. The second-order valence-corrected chi connectivity index (χ2v) is 6.88. The second-order valence-electron chi connectivity index (χ2n) is 6.88. The lowest BCUT2D eigenvalue weighted by Crippen LogP contribution is -2.04. The molecule has 0 spiro atoms. The van der Waals surface area contributed by atoms with Crippen molar-refractivity contribution in [3.63, 3.8) is 0 Å². The van der Waals surface area contributed by atoms with Gasteiger partial charge in [0.1, 0.15) is 0 Å². The third-order valence-corrected chi connectivity index (χ3v) is 5.06. The van der Waals surface area contributed by atoms with Crippen LogP contribution in [0.25, 0.3) is 44.3 Å². The fourth-order valence-corrected chi connectivity index (χ4v) is 3.66. The minimum atomic E-state index is -0.415. The van der Waals surface area contributed by atoms with Gasteiger partial charge in [0, 0.05) is 34.3 Å². The van der Waals surface area contributed by atoms with Gasteiger partial charge in [-0.3, -0.25) is 9.97 Å². The van der Waals surface area contributed by atoms with Crippen LogP contribution in [0.15, 0.2) is 85.2 Å². The van der Waals surface area contributed by atoms with Crippen molar-refractivity contribution in [3.05, 3.63) is 90.8 Å². The molecule has 5 heteroatoms. The Labute approximate surface area is 173 Å². The highest BCUT2D eigenvalue weighted by molar-refractivity contribution is 5.98. The lowest BCUT2D eigenvalue weighted by Gasteiger charge is -2.11. The third-order valence-electron chi connectivity index (χ3n) is 5.06. The molecular weight excluding hydrogens is 374 g/mol. The van der Waals surface area contributed by atoms with E-state index in [1.54, 1.807) is 24.5 Å². The van der Waals surface area contributed by atoms with Crippen molar-refractivity contribution in [2.45, 2.75) is 0 Å². The highest BCUT2D eigenvalue weighted by Gasteiger charge is 2.16. The molecule has 0 atom stereocenters. The number of carbonyl (C=O) groups excluding carboxylic acids is 1. The van der Waals surface area contributed by atoms with Crippen LogP contribution in [0.2, 0.25) is 0 Å². The van der Waals surface area contributed by atoms with Gasteiger partial charge >= 0.3 is 5.97 Å². The highest BCUT2D eigenvalue weighted by atomic mass is 16.5. The monoisotopic (exact) mass is 391 g/mol. The van der Waals surface area contributed by atoms with Crippen LogP contribution in [0.4, 0.5) is 0 Å². The molecule has 0 fully saturated rings. The van der Waals surface area contributed by atoms with E-state index in [0.717, 1.165) is 32.9 Å². The molecule has 0 radical (unpaired) electrons. The molecule has 5 rings (SSSR count). The summed E-state index contributed by atoms with van der Waals surface area (Å²) in [7, 11) is 1.38. The largest absolute Gasteiger partial charge is 0.465 e. The van der Waals surface area contributed by atoms with Gasteiger partial charge in [-0.2, -0.15) is 0 Å². The van der Waals surface area contributed by atoms with Crippen LogP contribution in [0.3, 0.4) is 0 Å². The van der Waals surface area contributed by atoms with Crippen LogP contribution in [0.1, 0.15) is 10.4 Å². The minimum absolute atomic E-state index is 0.415. The summed E-state index contributed by atoms with van der Waals surface area (Å²) in [6.45, 7) is 0. The first-order chi connectivity index (χ1) is 14.7. The van der Waals surface area contributed by atoms with Crippen molar-refractivity contribution in [2.75, 3.05) is 7.11 Å². The lowest BCUT2D eigenvalue weighted by molar-refractivity contribution is 0.0600. The number of nitrogens with zero attached hydrogens (tertiary/aromatic N) is 3. The van der Waals surface area contributed by atoms with Gasteiger partial charge in [-0.15, -0.1) is 0 Å². The molecule has 0 aliphatic carbocycles. The summed E-state index contributed by atoms with van der Waals surface area (Å²) in [6.07, 6.45) is 3.51. The average Bonchev–Trinajstić information content (AvgIpc) is 2.82. The van der Waals surface area contributed by atoms with E-state index in [1.165, 1.54) is 7.11 Å². The number of hydrogen-bond donors (Lipinski definition) is 0. The molecule has 0 unspecified atom stereocenters. The van der Waals surface area contributed by atoms with Crippen LogP contribution in [-0.2, 0) is 4.74 Å². The van der Waals surface area contributed by atoms with E-state index in [9.17, 15) is 4.79 Å². The van der Waals surface area contributed by atoms with Gasteiger partial charge in [0.15, 0.2) is 0 Å². The van der Waals surface area contributed by atoms with Gasteiger partial charge in [0.2, 0.25) is 0 Å². The van der Waals surface area contributed by atoms with Gasteiger partial charge in [-0.1, -0.05) is 48.5 Å². The predicted molar refractivity (Wildman–Crippen MR) is 117 cm³/mol. The Morgan fingerprint density at radius 1 is 0.733 bits per heavy atom. The molecular formula is C25H17N3O2. The topological polar surface area (TPSA) is 65.0 Å². The Kier molecular flexibility index (Phi) is 4.41. The summed E-state index contributed by atoms with van der Waals surface area (Å²) in [5, 5.41) is 2.02. The van der Waals surface area contributed by atoms with E-state index in [-0.39, 0.29) is 0 Å². The fraction of sp³-hybridized carbons (Fsp3) is 0.0400. The van der Waals surface area contributed by atoms with Crippen LogP contribution >= 0.6 is 0 Å². The summed E-state index contributed by atoms with van der Waals surface area (Å²) < 4.78 is 5.00. The standard InChI is InChI=1S/C25H17N3O2/c1-30-25(29)18-14-21(19-10-2-6-16-8-4-12-26-23(16)19)28-22(15-18)20-11-3-7-17-9-5-13-27-24(17)20/h2-15H,1H3. The molecule has 144 valence electrons. The first-order valence-corrected chi connectivity index (χ1v) is 9.53. The SMILES string of the molecule is COC(=O)c1cc(-c2cccc3cccnc23)nc(-c2cccc3cccnc23)c1. The van der Waals surface area contributed by atoms with Crippen LogP contribution in [0.5, 0.6) is 0 Å². The minimum Gasteiger partial charge on any atom is -0.465 e. The zero-order valence-corrected chi connectivity index (χ0v) is 16.2. The molecule has 0 aliphatic heterocycles. The zero-order valence-electron chi connectivity index (χ0n) is 16.2. The predicted octanol–water partition coefficient (Wildman–Crippen LogP) is 5.30. The van der Waals surface area contributed by atoms with Crippen LogP contribution in [0, 0.1) is 0 Å². The summed E-state index contributed by atoms with van der Waals surface area (Å²) in [5.41, 5.74) is 5.11. The Balaban J connectivity index is 1.80. The summed E-state index contributed by atoms with van der Waals surface area (Å²) in [6, 6.07) is 23.2. The van der Waals surface area contributed by atoms with Gasteiger partial charge in [0.05, 0.1) is 35.1 Å². The van der Waals surface area contributed by atoms with E-state index in [1.807, 2.05) is 60.7 Å². The van der Waals surface area contributed by atoms with Crippen molar-refractivity contribution < 1.29 is 9.53 Å². The molecule has 0 bridgehead atoms. The molecule has 3 heterocycles. The number of rotatable bonds is 3. The number of carbonyl (C=O) groups is 1. The van der Waals surface area contributed by atoms with Crippen LogP contribution < -0.4 is 0 Å². The number of ether oxygens (including phenoxy) is 1. The number of hydrogen-bond acceptors (Lipinski definition) is 5. The maximum atomic E-state index is 12.4. The third kappa shape index (κ3) is 3.06. The second kappa shape index (κ2) is 7.37. The summed E-state index contributed by atoms with van der Waals surface area (Å²) in [5.74, 6) is -0.415. The normalized spacial score (nSPS) is 11.0. The zero-order chi connectivity index (χ0) is 20.5. The molecule has 0 saturated carbocycles. The van der Waals surface area contributed by atoms with E-state index >= 15 is 0 Å². The Hall–Kier alpha value is -4.12. The number of para-hydroxylation sites is 2. The lowest BCUT2D eigenvalue weighted by atomic mass is 10.0. The molecule has 0 N–H and O–H groups in total. The molecule has 3 aromatic heterocycles. The molecule has 0 amide bonds. The summed E-state index contributed by atoms with van der Waals surface area (Å²) >= 11 is 0. The van der Waals surface area contributed by atoms with Crippen molar-refractivity contribution >= 4 is 27.8 Å².